The number of H-pyrrole nitrogens is 2. The minimum atomic E-state index is -1.11. The minimum Gasteiger partial charge on any atom is -0.386 e. The van der Waals surface area contributed by atoms with Gasteiger partial charge in [0.05, 0.1) is 33.3 Å². The number of amides is 1. The molecule has 212 valence electrons. The lowest BCUT2D eigenvalue weighted by Crippen LogP contribution is -2.34. The third kappa shape index (κ3) is 4.04. The van der Waals surface area contributed by atoms with E-state index in [1.807, 2.05) is 6.07 Å². The first-order valence-corrected chi connectivity index (χ1v) is 13.5. The monoisotopic (exact) mass is 584 g/mol. The van der Waals surface area contributed by atoms with Crippen molar-refractivity contribution in [2.45, 2.75) is 33.3 Å². The van der Waals surface area contributed by atoms with Crippen LogP contribution in [0, 0.1) is 19.7 Å². The average Bonchev–Trinajstić information content (AvgIpc) is 3.30. The van der Waals surface area contributed by atoms with Crippen molar-refractivity contribution in [3.63, 3.8) is 0 Å². The van der Waals surface area contributed by atoms with Crippen LogP contribution in [-0.2, 0) is 5.60 Å². The number of carbonyl (C=O) groups excluding carboxylic acids is 1. The van der Waals surface area contributed by atoms with Gasteiger partial charge in [-0.1, -0.05) is 41.9 Å². The molecule has 4 aromatic carbocycles. The number of fused-ring (bicyclic) bond motifs is 4. The van der Waals surface area contributed by atoms with Crippen molar-refractivity contribution in [3.05, 3.63) is 109 Å². The molecule has 0 atom stereocenters. The summed E-state index contributed by atoms with van der Waals surface area (Å²) in [6.45, 7) is 6.65. The molecule has 8 nitrogen and oxygen atoms in total. The molecule has 6 aromatic rings. The van der Waals surface area contributed by atoms with Gasteiger partial charge in [-0.15, -0.1) is 0 Å². The van der Waals surface area contributed by atoms with Crippen LogP contribution in [0.2, 0.25) is 5.02 Å². The number of nitrogens with zero attached hydrogens (tertiary/aromatic N) is 1. The van der Waals surface area contributed by atoms with E-state index >= 15 is 0 Å². The van der Waals surface area contributed by atoms with Gasteiger partial charge in [0, 0.05) is 26.9 Å². The van der Waals surface area contributed by atoms with Gasteiger partial charge in [0.2, 0.25) is 0 Å². The minimum absolute atomic E-state index is 0.0352. The lowest BCUT2D eigenvalue weighted by Gasteiger charge is -2.18. The van der Waals surface area contributed by atoms with Gasteiger partial charge < -0.3 is 20.8 Å². The van der Waals surface area contributed by atoms with E-state index in [4.69, 9.17) is 17.3 Å². The molecule has 0 radical (unpaired) electrons. The molecule has 2 aromatic heterocycles. The van der Waals surface area contributed by atoms with E-state index < -0.39 is 28.6 Å². The van der Waals surface area contributed by atoms with Crippen molar-refractivity contribution < 1.29 is 14.3 Å². The molecule has 0 fully saturated rings. The normalized spacial score (nSPS) is 12.1. The summed E-state index contributed by atoms with van der Waals surface area (Å²) in [6.07, 6.45) is 0. The highest BCUT2D eigenvalue weighted by Gasteiger charge is 2.24. The second-order valence-electron chi connectivity index (χ2n) is 11.0. The Labute approximate surface area is 243 Å². The quantitative estimate of drug-likeness (QED) is 0.211. The number of aryl methyl sites for hydroxylation is 1. The molecule has 10 heteroatoms. The molecule has 42 heavy (non-hydrogen) atoms. The van der Waals surface area contributed by atoms with E-state index in [-0.39, 0.29) is 27.2 Å². The van der Waals surface area contributed by atoms with Gasteiger partial charge >= 0.3 is 5.69 Å². The van der Waals surface area contributed by atoms with Crippen molar-refractivity contribution in [3.8, 4) is 16.8 Å². The maximum absolute atomic E-state index is 14.7. The first-order valence-electron chi connectivity index (χ1n) is 13.1. The van der Waals surface area contributed by atoms with Gasteiger partial charge in [0.15, 0.2) is 0 Å². The molecule has 0 saturated carbocycles. The summed E-state index contributed by atoms with van der Waals surface area (Å²) in [7, 11) is 0. The van der Waals surface area contributed by atoms with E-state index in [1.165, 1.54) is 18.2 Å². The molecule has 0 aliphatic heterocycles. The highest BCUT2D eigenvalue weighted by atomic mass is 35.5. The van der Waals surface area contributed by atoms with Crippen molar-refractivity contribution >= 4 is 50.2 Å². The number of aromatic amines is 2. The average molecular weight is 585 g/mol. The third-order valence-corrected chi connectivity index (χ3v) is 8.12. The predicted molar refractivity (Wildman–Crippen MR) is 163 cm³/mol. The summed E-state index contributed by atoms with van der Waals surface area (Å²) in [4.78, 5) is 45.0. The number of nitrogens with one attached hydrogen (secondary N) is 2. The summed E-state index contributed by atoms with van der Waals surface area (Å²) < 4.78 is 15.7. The lowest BCUT2D eigenvalue weighted by atomic mass is 9.92. The molecule has 0 aliphatic rings. The molecule has 2 heterocycles. The predicted octanol–water partition coefficient (Wildman–Crippen LogP) is 5.72. The SMILES string of the molecule is Cc1ccc2c(=O)n(-c3cccc(-c4c(Cl)cc(C(N)=O)c5[nH]c6cc(C(C)(C)O)ccc6c45)c3C)c(=O)[nH]c2c1F. The van der Waals surface area contributed by atoms with Crippen molar-refractivity contribution in [2.24, 2.45) is 5.73 Å². The number of aliphatic hydroxyl groups is 1. The van der Waals surface area contributed by atoms with Gasteiger partial charge in [-0.25, -0.2) is 13.8 Å². The second-order valence-corrected chi connectivity index (χ2v) is 11.4. The number of carbonyl (C=O) groups is 1. The highest BCUT2D eigenvalue weighted by molar-refractivity contribution is 6.37. The number of halogens is 2. The summed E-state index contributed by atoms with van der Waals surface area (Å²) in [6, 6.07) is 15.0. The van der Waals surface area contributed by atoms with Crippen LogP contribution in [0.15, 0.2) is 64.2 Å². The third-order valence-electron chi connectivity index (χ3n) is 7.82. The van der Waals surface area contributed by atoms with E-state index in [0.717, 1.165) is 9.95 Å². The first kappa shape index (κ1) is 27.4. The van der Waals surface area contributed by atoms with Crippen molar-refractivity contribution in [1.82, 2.24) is 14.5 Å². The van der Waals surface area contributed by atoms with Crippen LogP contribution >= 0.6 is 11.6 Å². The van der Waals surface area contributed by atoms with Crippen LogP contribution in [0.5, 0.6) is 0 Å². The molecule has 0 unspecified atom stereocenters. The van der Waals surface area contributed by atoms with Crippen LogP contribution < -0.4 is 17.0 Å². The molecular weight excluding hydrogens is 559 g/mol. The Morgan fingerprint density at radius 2 is 1.71 bits per heavy atom. The largest absolute Gasteiger partial charge is 0.386 e. The smallest absolute Gasteiger partial charge is 0.333 e. The number of benzene rings is 4. The first-order chi connectivity index (χ1) is 19.8. The maximum Gasteiger partial charge on any atom is 0.333 e. The number of primary amides is 1. The summed E-state index contributed by atoms with van der Waals surface area (Å²) in [5.74, 6) is -1.33. The van der Waals surface area contributed by atoms with Crippen LogP contribution in [0.3, 0.4) is 0 Å². The second kappa shape index (κ2) is 9.40. The number of nitrogens with two attached hydrogens (primary N) is 1. The Hall–Kier alpha value is -4.73. The zero-order chi connectivity index (χ0) is 30.2. The number of rotatable bonds is 4. The van der Waals surface area contributed by atoms with Gasteiger partial charge in [-0.3, -0.25) is 9.59 Å². The molecule has 0 saturated heterocycles. The van der Waals surface area contributed by atoms with E-state index in [2.05, 4.69) is 9.97 Å². The van der Waals surface area contributed by atoms with Crippen molar-refractivity contribution in [2.75, 3.05) is 0 Å². The Bertz CT molecular complexity index is 2260. The summed E-state index contributed by atoms with van der Waals surface area (Å²) in [5.41, 5.74) is 7.29. The standard InChI is InChI=1S/C32H26ClFN4O4/c1-14-8-10-19-28(26(14)34)37-31(41)38(30(19)40)23-7-5-6-17(15(23)2)24-21(33)13-20(29(35)39)27-25(24)18-11-9-16(32(3,4)42)12-22(18)36-27/h5-13,36,42H,1-4H3,(H2,35,39)(H,37,41). The fourth-order valence-electron chi connectivity index (χ4n) is 5.60. The molecule has 5 N–H and O–H groups in total. The van der Waals surface area contributed by atoms with E-state index in [9.17, 15) is 23.9 Å². The Balaban J connectivity index is 1.68. The number of aromatic nitrogens is 3. The number of hydrogen-bond donors (Lipinski definition) is 4. The fourth-order valence-corrected chi connectivity index (χ4v) is 5.90. The van der Waals surface area contributed by atoms with Crippen molar-refractivity contribution in [1.29, 1.82) is 0 Å². The fraction of sp³-hybridized carbons (Fsp3) is 0.156. The molecule has 1 amide bonds. The number of hydrogen-bond acceptors (Lipinski definition) is 4. The van der Waals surface area contributed by atoms with E-state index in [0.29, 0.717) is 44.2 Å². The maximum atomic E-state index is 14.7. The Morgan fingerprint density at radius 3 is 2.40 bits per heavy atom. The van der Waals surface area contributed by atoms with Gasteiger partial charge in [-0.05, 0) is 74.2 Å². The van der Waals surface area contributed by atoms with Crippen LogP contribution in [-0.4, -0.2) is 25.5 Å². The van der Waals surface area contributed by atoms with Gasteiger partial charge in [0.25, 0.3) is 11.5 Å². The lowest BCUT2D eigenvalue weighted by molar-refractivity contribution is 0.0787. The van der Waals surface area contributed by atoms with Gasteiger partial charge in [-0.2, -0.15) is 0 Å². The summed E-state index contributed by atoms with van der Waals surface area (Å²) in [5, 5.41) is 12.2. The van der Waals surface area contributed by atoms with Crippen LogP contribution in [0.1, 0.15) is 40.9 Å². The van der Waals surface area contributed by atoms with E-state index in [1.54, 1.807) is 58.0 Å². The highest BCUT2D eigenvalue weighted by Crippen LogP contribution is 2.43. The van der Waals surface area contributed by atoms with Gasteiger partial charge in [0.1, 0.15) is 5.82 Å². The molecule has 0 bridgehead atoms. The Kier molecular flexibility index (Phi) is 6.14. The topological polar surface area (TPSA) is 134 Å². The molecule has 0 aliphatic carbocycles. The Morgan fingerprint density at radius 1 is 1.00 bits per heavy atom. The van der Waals surface area contributed by atoms with Crippen LogP contribution in [0.25, 0.3) is 49.5 Å². The zero-order valence-electron chi connectivity index (χ0n) is 23.1. The molecular formula is C32H26ClFN4O4. The zero-order valence-corrected chi connectivity index (χ0v) is 23.9. The molecule has 0 spiro atoms. The summed E-state index contributed by atoms with van der Waals surface area (Å²) >= 11 is 6.85. The van der Waals surface area contributed by atoms with Crippen LogP contribution in [0.4, 0.5) is 4.39 Å². The molecule has 6 rings (SSSR count).